The molecular formula is C16H20Cl2F4N2. The Labute approximate surface area is 149 Å². The van der Waals surface area contributed by atoms with Gasteiger partial charge in [-0.2, -0.15) is 13.2 Å². The second kappa shape index (κ2) is 7.77. The van der Waals surface area contributed by atoms with Gasteiger partial charge in [0.1, 0.15) is 5.82 Å². The van der Waals surface area contributed by atoms with E-state index in [-0.39, 0.29) is 24.0 Å². The van der Waals surface area contributed by atoms with Crippen molar-refractivity contribution in [1.29, 1.82) is 0 Å². The average molecular weight is 387 g/mol. The molecule has 0 bridgehead atoms. The van der Waals surface area contributed by atoms with E-state index < -0.39 is 22.6 Å². The molecule has 2 aliphatic rings. The summed E-state index contributed by atoms with van der Waals surface area (Å²) in [4.78, 5) is 2.07. The molecule has 24 heavy (non-hydrogen) atoms. The number of piperazine rings is 1. The Balaban J connectivity index is 0.00000208. The molecule has 1 atom stereocenters. The molecule has 0 aromatic heterocycles. The number of rotatable bonds is 4. The number of nitrogens with one attached hydrogen (secondary N) is 1. The maximum Gasteiger partial charge on any atom is 0.416 e. The van der Waals surface area contributed by atoms with Crippen molar-refractivity contribution in [1.82, 2.24) is 10.2 Å². The minimum atomic E-state index is -4.53. The molecular weight excluding hydrogens is 367 g/mol. The van der Waals surface area contributed by atoms with Gasteiger partial charge < -0.3 is 5.32 Å². The minimum Gasteiger partial charge on any atom is -0.314 e. The molecule has 0 amide bonds. The van der Waals surface area contributed by atoms with Crippen LogP contribution in [-0.2, 0) is 6.18 Å². The molecule has 3 rings (SSSR count). The lowest BCUT2D eigenvalue weighted by molar-refractivity contribution is -0.137. The highest BCUT2D eigenvalue weighted by Crippen LogP contribution is 2.43. The third-order valence-electron chi connectivity index (χ3n) is 4.59. The van der Waals surface area contributed by atoms with E-state index in [0.717, 1.165) is 32.0 Å². The fourth-order valence-corrected chi connectivity index (χ4v) is 3.38. The van der Waals surface area contributed by atoms with Crippen LogP contribution in [0, 0.1) is 11.7 Å². The first kappa shape index (κ1) is 19.8. The summed E-state index contributed by atoms with van der Waals surface area (Å²) in [5, 5.41) is 2.76. The summed E-state index contributed by atoms with van der Waals surface area (Å²) in [6, 6.07) is 1.27. The zero-order valence-corrected chi connectivity index (χ0v) is 14.6. The van der Waals surface area contributed by atoms with Crippen molar-refractivity contribution in [2.45, 2.75) is 31.5 Å². The number of nitrogens with zero attached hydrogens (tertiary/aromatic N) is 1. The van der Waals surface area contributed by atoms with Crippen molar-refractivity contribution in [2.24, 2.45) is 5.92 Å². The Kier molecular flexibility index (Phi) is 6.40. The molecule has 0 radical (unpaired) electrons. The monoisotopic (exact) mass is 386 g/mol. The number of hydrogen-bond donors (Lipinski definition) is 1. The molecule has 1 saturated carbocycles. The van der Waals surface area contributed by atoms with Gasteiger partial charge in [-0.25, -0.2) is 4.39 Å². The normalized spacial score (nSPS) is 20.5. The van der Waals surface area contributed by atoms with E-state index in [9.17, 15) is 17.6 Å². The standard InChI is InChI=1S/C16H19ClF4N2.ClH/c17-13-9-11(16(19,20)21)8-12(15(13)18)14(7-10-1-2-10)23-5-3-22-4-6-23;/h8-10,14,22H,1-7H2;1H/t14-;/m0./s1. The highest BCUT2D eigenvalue weighted by molar-refractivity contribution is 6.30. The lowest BCUT2D eigenvalue weighted by Crippen LogP contribution is -2.45. The molecule has 0 spiro atoms. The highest BCUT2D eigenvalue weighted by Gasteiger charge is 2.36. The highest BCUT2D eigenvalue weighted by atomic mass is 35.5. The van der Waals surface area contributed by atoms with Gasteiger partial charge in [0, 0.05) is 37.8 Å². The van der Waals surface area contributed by atoms with Gasteiger partial charge in [0.05, 0.1) is 10.6 Å². The molecule has 8 heteroatoms. The van der Waals surface area contributed by atoms with E-state index in [1.807, 2.05) is 0 Å². The van der Waals surface area contributed by atoms with Crippen LogP contribution in [-0.4, -0.2) is 31.1 Å². The quantitative estimate of drug-likeness (QED) is 0.756. The lowest BCUT2D eigenvalue weighted by Gasteiger charge is -2.36. The van der Waals surface area contributed by atoms with Gasteiger partial charge in [0.25, 0.3) is 0 Å². The molecule has 2 nitrogen and oxygen atoms in total. The Hall–Kier alpha value is -0.560. The van der Waals surface area contributed by atoms with Crippen LogP contribution in [0.5, 0.6) is 0 Å². The number of benzene rings is 1. The first-order chi connectivity index (χ1) is 10.9. The van der Waals surface area contributed by atoms with E-state index in [1.165, 1.54) is 0 Å². The van der Waals surface area contributed by atoms with Crippen LogP contribution in [0.15, 0.2) is 12.1 Å². The van der Waals surface area contributed by atoms with Crippen LogP contribution in [0.4, 0.5) is 17.6 Å². The van der Waals surface area contributed by atoms with Crippen LogP contribution in [0.1, 0.15) is 36.4 Å². The summed E-state index contributed by atoms with van der Waals surface area (Å²) in [6.45, 7) is 2.92. The third-order valence-corrected chi connectivity index (χ3v) is 4.86. The Morgan fingerprint density at radius 3 is 2.38 bits per heavy atom. The Morgan fingerprint density at radius 1 is 1.21 bits per heavy atom. The summed E-state index contributed by atoms with van der Waals surface area (Å²) in [6.07, 6.45) is -1.71. The van der Waals surface area contributed by atoms with Crippen LogP contribution < -0.4 is 5.32 Å². The van der Waals surface area contributed by atoms with Crippen molar-refractivity contribution >= 4 is 24.0 Å². The largest absolute Gasteiger partial charge is 0.416 e. The van der Waals surface area contributed by atoms with Crippen LogP contribution in [0.2, 0.25) is 5.02 Å². The average Bonchev–Trinajstić information content (AvgIpc) is 3.32. The van der Waals surface area contributed by atoms with E-state index in [0.29, 0.717) is 31.5 Å². The SMILES string of the molecule is Cl.Fc1c(Cl)cc(C(F)(F)F)cc1[C@H](CC1CC1)N1CCNCC1. The molecule has 2 fully saturated rings. The van der Waals surface area contributed by atoms with Gasteiger partial charge >= 0.3 is 6.18 Å². The molecule has 1 saturated heterocycles. The smallest absolute Gasteiger partial charge is 0.314 e. The van der Waals surface area contributed by atoms with E-state index in [2.05, 4.69) is 10.2 Å². The number of alkyl halides is 3. The van der Waals surface area contributed by atoms with Crippen molar-refractivity contribution in [3.8, 4) is 0 Å². The first-order valence-corrected chi connectivity index (χ1v) is 8.25. The van der Waals surface area contributed by atoms with Gasteiger partial charge in [-0.15, -0.1) is 12.4 Å². The zero-order valence-electron chi connectivity index (χ0n) is 13.0. The number of halogens is 6. The predicted octanol–water partition coefficient (Wildman–Crippen LogP) is 4.67. The fourth-order valence-electron chi connectivity index (χ4n) is 3.15. The van der Waals surface area contributed by atoms with E-state index >= 15 is 0 Å². The maximum absolute atomic E-state index is 14.5. The fraction of sp³-hybridized carbons (Fsp3) is 0.625. The van der Waals surface area contributed by atoms with Crippen molar-refractivity contribution in [3.63, 3.8) is 0 Å². The van der Waals surface area contributed by atoms with Crippen LogP contribution in [0.25, 0.3) is 0 Å². The Morgan fingerprint density at radius 2 is 1.83 bits per heavy atom. The molecule has 1 heterocycles. The van der Waals surface area contributed by atoms with Crippen LogP contribution in [0.3, 0.4) is 0 Å². The van der Waals surface area contributed by atoms with Gasteiger partial charge in [0.15, 0.2) is 0 Å². The van der Waals surface area contributed by atoms with Gasteiger partial charge in [-0.05, 0) is 24.5 Å². The van der Waals surface area contributed by atoms with Gasteiger partial charge in [-0.1, -0.05) is 24.4 Å². The summed E-state index contributed by atoms with van der Waals surface area (Å²) in [5.74, 6) is -0.244. The molecule has 0 unspecified atom stereocenters. The predicted molar refractivity (Wildman–Crippen MR) is 88.2 cm³/mol. The summed E-state index contributed by atoms with van der Waals surface area (Å²) in [7, 11) is 0. The van der Waals surface area contributed by atoms with Gasteiger partial charge in [0.2, 0.25) is 0 Å². The first-order valence-electron chi connectivity index (χ1n) is 7.87. The number of hydrogen-bond acceptors (Lipinski definition) is 2. The molecule has 1 aliphatic heterocycles. The van der Waals surface area contributed by atoms with E-state index in [4.69, 9.17) is 11.6 Å². The summed E-state index contributed by atoms with van der Waals surface area (Å²) in [5.41, 5.74) is -0.798. The maximum atomic E-state index is 14.5. The second-order valence-electron chi connectivity index (χ2n) is 6.34. The van der Waals surface area contributed by atoms with Crippen molar-refractivity contribution in [3.05, 3.63) is 34.1 Å². The lowest BCUT2D eigenvalue weighted by atomic mass is 9.96. The van der Waals surface area contributed by atoms with Gasteiger partial charge in [-0.3, -0.25) is 4.90 Å². The molecule has 1 aromatic rings. The molecule has 1 aromatic carbocycles. The summed E-state index contributed by atoms with van der Waals surface area (Å²) < 4.78 is 53.7. The topological polar surface area (TPSA) is 15.3 Å². The third kappa shape index (κ3) is 4.54. The van der Waals surface area contributed by atoms with Crippen molar-refractivity contribution < 1.29 is 17.6 Å². The molecule has 1 N–H and O–H groups in total. The minimum absolute atomic E-state index is 0. The van der Waals surface area contributed by atoms with Crippen LogP contribution >= 0.6 is 24.0 Å². The summed E-state index contributed by atoms with van der Waals surface area (Å²) >= 11 is 5.75. The zero-order chi connectivity index (χ0) is 16.6. The Bertz CT molecular complexity index is 570. The molecule has 1 aliphatic carbocycles. The second-order valence-corrected chi connectivity index (χ2v) is 6.75. The van der Waals surface area contributed by atoms with Crippen molar-refractivity contribution in [2.75, 3.05) is 26.2 Å². The molecule has 136 valence electrons. The van der Waals surface area contributed by atoms with E-state index in [1.54, 1.807) is 0 Å².